The molecule has 0 aliphatic heterocycles. The lowest BCUT2D eigenvalue weighted by molar-refractivity contribution is -0.140. The third-order valence-corrected chi connectivity index (χ3v) is 5.64. The van der Waals surface area contributed by atoms with E-state index in [1.165, 1.54) is 0 Å². The zero-order valence-electron chi connectivity index (χ0n) is 16.9. The lowest BCUT2D eigenvalue weighted by Crippen LogP contribution is -2.36. The lowest BCUT2D eigenvalue weighted by Gasteiger charge is -2.20. The number of guanidine groups is 1. The Labute approximate surface area is 177 Å². The monoisotopic (exact) mass is 442 g/mol. The van der Waals surface area contributed by atoms with Crippen molar-refractivity contribution in [2.45, 2.75) is 51.1 Å². The second kappa shape index (κ2) is 10.0. The van der Waals surface area contributed by atoms with Crippen LogP contribution in [0.1, 0.15) is 41.9 Å². The molecule has 0 amide bonds. The lowest BCUT2D eigenvalue weighted by atomic mass is 10.1. The first-order valence-electron chi connectivity index (χ1n) is 9.69. The molecule has 1 saturated carbocycles. The number of nitrogens with zero attached hydrogens (tertiary/aromatic N) is 2. The van der Waals surface area contributed by atoms with Crippen LogP contribution in [0.15, 0.2) is 28.6 Å². The molecule has 1 aromatic heterocycles. The molecule has 0 atom stereocenters. The number of hydrogen-bond acceptors (Lipinski definition) is 5. The van der Waals surface area contributed by atoms with E-state index < -0.39 is 11.9 Å². The van der Waals surface area contributed by atoms with Gasteiger partial charge in [0, 0.05) is 24.5 Å². The van der Waals surface area contributed by atoms with Crippen molar-refractivity contribution in [3.8, 4) is 11.5 Å². The van der Waals surface area contributed by atoms with Crippen LogP contribution in [-0.2, 0) is 19.3 Å². The number of rotatable bonds is 7. The van der Waals surface area contributed by atoms with Crippen LogP contribution in [0.2, 0.25) is 0 Å². The van der Waals surface area contributed by atoms with Crippen molar-refractivity contribution in [1.29, 1.82) is 0 Å². The Hall–Kier alpha value is -2.49. The van der Waals surface area contributed by atoms with Gasteiger partial charge in [-0.25, -0.2) is 4.98 Å². The largest absolute Gasteiger partial charge is 0.493 e. The number of ether oxygens (including phenoxy) is 2. The van der Waals surface area contributed by atoms with Crippen LogP contribution < -0.4 is 20.1 Å². The summed E-state index contributed by atoms with van der Waals surface area (Å²) < 4.78 is 49.7. The van der Waals surface area contributed by atoms with Gasteiger partial charge in [-0.05, 0) is 31.7 Å². The molecule has 0 saturated heterocycles. The number of halogens is 3. The van der Waals surface area contributed by atoms with Crippen molar-refractivity contribution < 1.29 is 22.6 Å². The van der Waals surface area contributed by atoms with Crippen molar-refractivity contribution in [3.63, 3.8) is 0 Å². The molecule has 0 bridgehead atoms. The summed E-state index contributed by atoms with van der Waals surface area (Å²) in [5.74, 6) is 1.84. The fraction of sp³-hybridized carbons (Fsp3) is 0.500. The predicted molar refractivity (Wildman–Crippen MR) is 110 cm³/mol. The molecule has 164 valence electrons. The Morgan fingerprint density at radius 3 is 2.60 bits per heavy atom. The van der Waals surface area contributed by atoms with Gasteiger partial charge >= 0.3 is 6.18 Å². The standard InChI is InChI=1S/C20H25F3N4O2S/c1-24-19(26-11-17-27-16(12-30-17)20(21,22)23)25-10-13-6-5-9-15(28-2)18(13)29-14-7-3-4-8-14/h5-6,9,12,14H,3-4,7-8,10-11H2,1-2H3,(H2,24,25,26). The number of methoxy groups -OCH3 is 1. The van der Waals surface area contributed by atoms with E-state index in [9.17, 15) is 13.2 Å². The number of para-hydroxylation sites is 1. The van der Waals surface area contributed by atoms with Crippen LogP contribution >= 0.6 is 11.3 Å². The van der Waals surface area contributed by atoms with E-state index in [-0.39, 0.29) is 12.6 Å². The van der Waals surface area contributed by atoms with Gasteiger partial charge in [-0.1, -0.05) is 12.1 Å². The quantitative estimate of drug-likeness (QED) is 0.493. The molecule has 1 aliphatic carbocycles. The summed E-state index contributed by atoms with van der Waals surface area (Å²) >= 11 is 0.956. The summed E-state index contributed by atoms with van der Waals surface area (Å²) in [5.41, 5.74) is 0.0372. The molecule has 1 aliphatic rings. The molecule has 2 N–H and O–H groups in total. The van der Waals surface area contributed by atoms with E-state index in [0.717, 1.165) is 48.0 Å². The number of aromatic nitrogens is 1. The maximum absolute atomic E-state index is 12.7. The summed E-state index contributed by atoms with van der Waals surface area (Å²) in [6.07, 6.45) is 0.138. The average molecular weight is 443 g/mol. The summed E-state index contributed by atoms with van der Waals surface area (Å²) in [6, 6.07) is 5.70. The van der Waals surface area contributed by atoms with E-state index in [4.69, 9.17) is 9.47 Å². The minimum absolute atomic E-state index is 0.143. The molecule has 3 rings (SSSR count). The Kier molecular flexibility index (Phi) is 7.41. The molecule has 1 aromatic carbocycles. The van der Waals surface area contributed by atoms with Gasteiger partial charge in [-0.3, -0.25) is 4.99 Å². The zero-order chi connectivity index (χ0) is 21.6. The summed E-state index contributed by atoms with van der Waals surface area (Å²) in [6.45, 7) is 0.564. The number of hydrogen-bond donors (Lipinski definition) is 2. The molecule has 0 spiro atoms. The van der Waals surface area contributed by atoms with E-state index in [1.807, 2.05) is 18.2 Å². The highest BCUT2D eigenvalue weighted by Gasteiger charge is 2.33. The van der Waals surface area contributed by atoms with Gasteiger partial charge in [0.1, 0.15) is 5.01 Å². The molecule has 0 unspecified atom stereocenters. The van der Waals surface area contributed by atoms with Crippen LogP contribution in [0, 0.1) is 0 Å². The second-order valence-corrected chi connectivity index (χ2v) is 7.82. The Morgan fingerprint density at radius 2 is 1.97 bits per heavy atom. The maximum atomic E-state index is 12.7. The number of alkyl halides is 3. The van der Waals surface area contributed by atoms with E-state index in [1.54, 1.807) is 14.2 Å². The fourth-order valence-electron chi connectivity index (χ4n) is 3.25. The van der Waals surface area contributed by atoms with Crippen LogP contribution in [0.25, 0.3) is 0 Å². The van der Waals surface area contributed by atoms with Crippen molar-refractivity contribution in [2.75, 3.05) is 14.2 Å². The van der Waals surface area contributed by atoms with Crippen molar-refractivity contribution in [3.05, 3.63) is 39.8 Å². The summed E-state index contributed by atoms with van der Waals surface area (Å²) in [7, 11) is 3.21. The van der Waals surface area contributed by atoms with Crippen molar-refractivity contribution >= 4 is 17.3 Å². The van der Waals surface area contributed by atoms with Gasteiger partial charge in [0.25, 0.3) is 0 Å². The minimum atomic E-state index is -4.43. The molecule has 0 radical (unpaired) electrons. The second-order valence-electron chi connectivity index (χ2n) is 6.88. The first kappa shape index (κ1) is 22.2. The van der Waals surface area contributed by atoms with E-state index in [0.29, 0.717) is 29.0 Å². The number of aliphatic imine (C=N–C) groups is 1. The highest BCUT2D eigenvalue weighted by Crippen LogP contribution is 2.35. The van der Waals surface area contributed by atoms with Crippen LogP contribution in [-0.4, -0.2) is 31.2 Å². The third-order valence-electron chi connectivity index (χ3n) is 4.79. The summed E-state index contributed by atoms with van der Waals surface area (Å²) in [4.78, 5) is 7.74. The van der Waals surface area contributed by atoms with Gasteiger partial charge in [-0.2, -0.15) is 13.2 Å². The first-order chi connectivity index (χ1) is 14.4. The SMILES string of the molecule is CN=C(NCc1nc(C(F)(F)F)cs1)NCc1cccc(OC)c1OC1CCCC1. The number of nitrogens with one attached hydrogen (secondary N) is 2. The van der Waals surface area contributed by atoms with Gasteiger partial charge in [0.2, 0.25) is 0 Å². The normalized spacial score (nSPS) is 15.3. The molecular formula is C20H25F3N4O2S. The van der Waals surface area contributed by atoms with Gasteiger partial charge in [0.15, 0.2) is 23.2 Å². The minimum Gasteiger partial charge on any atom is -0.493 e. The first-order valence-corrected chi connectivity index (χ1v) is 10.6. The van der Waals surface area contributed by atoms with Gasteiger partial charge in [-0.15, -0.1) is 11.3 Å². The molecule has 1 fully saturated rings. The Morgan fingerprint density at radius 1 is 1.23 bits per heavy atom. The Bertz CT molecular complexity index is 864. The van der Waals surface area contributed by atoms with E-state index >= 15 is 0 Å². The van der Waals surface area contributed by atoms with E-state index in [2.05, 4.69) is 20.6 Å². The third kappa shape index (κ3) is 5.78. The zero-order valence-corrected chi connectivity index (χ0v) is 17.7. The highest BCUT2D eigenvalue weighted by atomic mass is 32.1. The molecular weight excluding hydrogens is 417 g/mol. The highest BCUT2D eigenvalue weighted by molar-refractivity contribution is 7.09. The van der Waals surface area contributed by atoms with Crippen molar-refractivity contribution in [2.24, 2.45) is 4.99 Å². The van der Waals surface area contributed by atoms with Crippen LogP contribution in [0.3, 0.4) is 0 Å². The molecule has 10 heteroatoms. The predicted octanol–water partition coefficient (Wildman–Crippen LogP) is 4.36. The smallest absolute Gasteiger partial charge is 0.434 e. The molecule has 2 aromatic rings. The summed E-state index contributed by atoms with van der Waals surface area (Å²) in [5, 5.41) is 7.50. The van der Waals surface area contributed by atoms with Gasteiger partial charge in [0.05, 0.1) is 19.8 Å². The van der Waals surface area contributed by atoms with Gasteiger partial charge < -0.3 is 20.1 Å². The maximum Gasteiger partial charge on any atom is 0.434 e. The average Bonchev–Trinajstić information content (AvgIpc) is 3.40. The number of benzene rings is 1. The number of thiazole rings is 1. The molecule has 30 heavy (non-hydrogen) atoms. The molecule has 1 heterocycles. The molecule has 6 nitrogen and oxygen atoms in total. The van der Waals surface area contributed by atoms with Crippen molar-refractivity contribution in [1.82, 2.24) is 15.6 Å². The van der Waals surface area contributed by atoms with Crippen LogP contribution in [0.5, 0.6) is 11.5 Å². The fourth-order valence-corrected chi connectivity index (χ4v) is 3.99. The topological polar surface area (TPSA) is 67.8 Å². The van der Waals surface area contributed by atoms with Crippen LogP contribution in [0.4, 0.5) is 13.2 Å². The Balaban J connectivity index is 1.61.